The highest BCUT2D eigenvalue weighted by Crippen LogP contribution is 2.76. The van der Waals surface area contributed by atoms with Gasteiger partial charge in [0.1, 0.15) is 5.44 Å². The maximum atomic E-state index is 5.24. The molecule has 0 unspecified atom stereocenters. The van der Waals surface area contributed by atoms with Gasteiger partial charge in [0.15, 0.2) is 0 Å². The van der Waals surface area contributed by atoms with Crippen LogP contribution in [0.1, 0.15) is 0 Å². The summed E-state index contributed by atoms with van der Waals surface area (Å²) in [6, 6.07) is 0. The summed E-state index contributed by atoms with van der Waals surface area (Å²) in [5.41, 5.74) is 0.637. The molecule has 0 aliphatic carbocycles. The van der Waals surface area contributed by atoms with E-state index in [-0.39, 0.29) is 10.3 Å². The second-order valence-corrected chi connectivity index (χ2v) is 5.07. The number of hydrogen-bond donors (Lipinski definition) is 0. The predicted molar refractivity (Wildman–Crippen MR) is 27.6 cm³/mol. The molecular weight excluding hydrogens is 96.1 g/mol. The van der Waals surface area contributed by atoms with Crippen LogP contribution in [0.2, 0.25) is 0 Å². The van der Waals surface area contributed by atoms with Crippen LogP contribution < -0.4 is 0 Å². The van der Waals surface area contributed by atoms with Gasteiger partial charge in [0.25, 0.3) is 0 Å². The van der Waals surface area contributed by atoms with E-state index in [4.69, 9.17) is 4.18 Å². The number of rotatable bonds is 0. The highest BCUT2D eigenvalue weighted by atomic mass is 32.3. The molecule has 0 bridgehead atoms. The van der Waals surface area contributed by atoms with Crippen molar-refractivity contribution < 1.29 is 4.18 Å². The van der Waals surface area contributed by atoms with Crippen molar-refractivity contribution >= 4 is 10.3 Å². The van der Waals surface area contributed by atoms with Gasteiger partial charge >= 0.3 is 0 Å². The molecule has 0 amide bonds. The third kappa shape index (κ3) is 0.201. The Bertz CT molecular complexity index is 89.5. The smallest absolute Gasteiger partial charge is 0.124 e. The first-order chi connectivity index (χ1) is 2.81. The van der Waals surface area contributed by atoms with Crippen molar-refractivity contribution in [3.8, 4) is 0 Å². The highest BCUT2D eigenvalue weighted by molar-refractivity contribution is 8.35. The van der Waals surface area contributed by atoms with Gasteiger partial charge in [-0.15, -0.1) is 10.3 Å². The molecule has 0 aromatic heterocycles. The van der Waals surface area contributed by atoms with Crippen LogP contribution in [0.4, 0.5) is 0 Å². The standard InChI is InChI=1S/C4H7OS/c1-6-3-2-4(6)5-6/h2,4H,3H2,1H3/t4-/m1/s1. The quantitative estimate of drug-likeness (QED) is 0.415. The lowest BCUT2D eigenvalue weighted by atomic mass is 10.5. The molecular formula is C4H7OS. The Balaban J connectivity index is 2.22. The zero-order chi connectivity index (χ0) is 4.20. The minimum atomic E-state index is -0.370. The summed E-state index contributed by atoms with van der Waals surface area (Å²) in [7, 11) is -0.370. The lowest BCUT2D eigenvalue weighted by Gasteiger charge is -2.16. The Hall–Kier alpha value is 0.310. The van der Waals surface area contributed by atoms with Crippen LogP contribution in [0.15, 0.2) is 0 Å². The molecule has 2 saturated heterocycles. The zero-order valence-corrected chi connectivity index (χ0v) is 4.49. The second-order valence-electron chi connectivity index (χ2n) is 1.94. The molecule has 0 aromatic rings. The van der Waals surface area contributed by atoms with Crippen LogP contribution in [0.25, 0.3) is 0 Å². The molecule has 0 saturated carbocycles. The Morgan fingerprint density at radius 1 is 2.00 bits per heavy atom. The van der Waals surface area contributed by atoms with Gasteiger partial charge in [-0.1, -0.05) is 0 Å². The molecule has 2 aliphatic heterocycles. The van der Waals surface area contributed by atoms with Crippen LogP contribution in [-0.2, 0) is 4.18 Å². The Morgan fingerprint density at radius 3 is 2.67 bits per heavy atom. The fourth-order valence-corrected chi connectivity index (χ4v) is 2.56. The first kappa shape index (κ1) is 3.33. The van der Waals surface area contributed by atoms with Crippen LogP contribution in [0, 0.1) is 6.42 Å². The topological polar surface area (TPSA) is 12.5 Å². The number of hydrogen-bond acceptors (Lipinski definition) is 1. The van der Waals surface area contributed by atoms with E-state index < -0.39 is 0 Å². The van der Waals surface area contributed by atoms with Crippen molar-refractivity contribution in [3.05, 3.63) is 6.42 Å². The van der Waals surface area contributed by atoms with Gasteiger partial charge in [-0.3, -0.25) is 0 Å². The van der Waals surface area contributed by atoms with Gasteiger partial charge in [-0.05, 0) is 6.26 Å². The molecule has 1 nitrogen and oxygen atoms in total. The molecule has 2 fully saturated rings. The van der Waals surface area contributed by atoms with Crippen LogP contribution in [0.3, 0.4) is 0 Å². The van der Waals surface area contributed by atoms with Crippen molar-refractivity contribution in [2.45, 2.75) is 5.44 Å². The van der Waals surface area contributed by atoms with E-state index in [1.807, 2.05) is 0 Å². The Kier molecular flexibility index (Phi) is 0.361. The first-order valence-electron chi connectivity index (χ1n) is 2.08. The molecule has 2 atom stereocenters. The van der Waals surface area contributed by atoms with E-state index in [1.165, 1.54) is 5.75 Å². The summed E-state index contributed by atoms with van der Waals surface area (Å²) < 4.78 is 5.24. The summed E-state index contributed by atoms with van der Waals surface area (Å²) in [6.45, 7) is 0. The van der Waals surface area contributed by atoms with Gasteiger partial charge in [0, 0.05) is 12.2 Å². The molecule has 0 spiro atoms. The average Bonchev–Trinajstić information content (AvgIpc) is 1.88. The largest absolute Gasteiger partial charge is 0.320 e. The molecule has 0 N–H and O–H groups in total. The van der Waals surface area contributed by atoms with Crippen molar-refractivity contribution in [1.82, 2.24) is 0 Å². The molecule has 35 valence electrons. The lowest BCUT2D eigenvalue weighted by Crippen LogP contribution is -2.06. The van der Waals surface area contributed by atoms with Crippen LogP contribution in [0.5, 0.6) is 0 Å². The summed E-state index contributed by atoms with van der Waals surface area (Å²) in [4.78, 5) is 0. The van der Waals surface area contributed by atoms with Crippen molar-refractivity contribution in [1.29, 1.82) is 0 Å². The molecule has 6 heavy (non-hydrogen) atoms. The second kappa shape index (κ2) is 0.651. The van der Waals surface area contributed by atoms with E-state index in [0.717, 1.165) is 0 Å². The summed E-state index contributed by atoms with van der Waals surface area (Å²) in [6.07, 6.45) is 4.48. The van der Waals surface area contributed by atoms with Gasteiger partial charge in [0.2, 0.25) is 0 Å². The highest BCUT2D eigenvalue weighted by Gasteiger charge is 2.55. The van der Waals surface area contributed by atoms with Gasteiger partial charge in [0.05, 0.1) is 0 Å². The number of fused-ring (bicyclic) bond motifs is 1. The van der Waals surface area contributed by atoms with Crippen molar-refractivity contribution in [2.24, 2.45) is 0 Å². The van der Waals surface area contributed by atoms with Gasteiger partial charge in [-0.25, -0.2) is 0 Å². The maximum Gasteiger partial charge on any atom is 0.124 e. The predicted octanol–water partition coefficient (Wildman–Crippen LogP) is 0.910. The Morgan fingerprint density at radius 2 is 2.67 bits per heavy atom. The lowest BCUT2D eigenvalue weighted by molar-refractivity contribution is 0.506. The van der Waals surface area contributed by atoms with E-state index in [1.54, 1.807) is 0 Å². The van der Waals surface area contributed by atoms with E-state index in [0.29, 0.717) is 5.44 Å². The normalized spacial score (nSPS) is 62.5. The van der Waals surface area contributed by atoms with E-state index in [9.17, 15) is 0 Å². The zero-order valence-electron chi connectivity index (χ0n) is 3.68. The molecule has 2 heteroatoms. The minimum absolute atomic E-state index is 0.370. The summed E-state index contributed by atoms with van der Waals surface area (Å²) in [5.74, 6) is 1.26. The molecule has 2 aliphatic rings. The van der Waals surface area contributed by atoms with Crippen LogP contribution in [-0.4, -0.2) is 17.4 Å². The van der Waals surface area contributed by atoms with Gasteiger partial charge in [-0.2, -0.15) is 0 Å². The third-order valence-electron chi connectivity index (χ3n) is 1.39. The Labute approximate surface area is 39.2 Å². The molecule has 1 radical (unpaired) electrons. The SMILES string of the molecule is C[S@@]12C[CH][C@@H]1O2. The molecule has 2 rings (SSSR count). The van der Waals surface area contributed by atoms with Gasteiger partial charge < -0.3 is 4.18 Å². The molecule has 2 heterocycles. The van der Waals surface area contributed by atoms with E-state index in [2.05, 4.69) is 12.7 Å². The van der Waals surface area contributed by atoms with Crippen molar-refractivity contribution in [2.75, 3.05) is 12.0 Å². The first-order valence-corrected chi connectivity index (χ1v) is 4.28. The molecule has 0 aromatic carbocycles. The third-order valence-corrected chi connectivity index (χ3v) is 3.97. The van der Waals surface area contributed by atoms with E-state index >= 15 is 0 Å². The fourth-order valence-electron chi connectivity index (χ4n) is 0.718. The van der Waals surface area contributed by atoms with Crippen LogP contribution >= 0.6 is 10.3 Å². The summed E-state index contributed by atoms with van der Waals surface area (Å²) >= 11 is 0. The average molecular weight is 103 g/mol. The minimum Gasteiger partial charge on any atom is -0.320 e. The maximum absolute atomic E-state index is 5.24. The fraction of sp³-hybridized carbons (Fsp3) is 0.750. The summed E-state index contributed by atoms with van der Waals surface area (Å²) in [5, 5.41) is 0. The monoisotopic (exact) mass is 103 g/mol. The van der Waals surface area contributed by atoms with Crippen molar-refractivity contribution in [3.63, 3.8) is 0 Å².